The fraction of sp³-hybridized carbons (Fsp3) is 0.385. The zero-order valence-corrected chi connectivity index (χ0v) is 22.3. The van der Waals surface area contributed by atoms with E-state index in [1.807, 2.05) is 38.1 Å². The lowest BCUT2D eigenvalue weighted by Crippen LogP contribution is -2.54. The molecule has 1 fully saturated rings. The predicted octanol–water partition coefficient (Wildman–Crippen LogP) is 2.98. The summed E-state index contributed by atoms with van der Waals surface area (Å²) in [6.45, 7) is 3.58. The van der Waals surface area contributed by atoms with Crippen molar-refractivity contribution < 1.29 is 22.8 Å². The van der Waals surface area contributed by atoms with Crippen molar-refractivity contribution in [3.8, 4) is 0 Å². The number of sulfonamides is 1. The Morgan fingerprint density at radius 3 is 2.65 bits per heavy atom. The maximum absolute atomic E-state index is 13.3. The van der Waals surface area contributed by atoms with Gasteiger partial charge in [-0.15, -0.1) is 11.3 Å². The van der Waals surface area contributed by atoms with E-state index in [1.165, 1.54) is 23.6 Å². The van der Waals surface area contributed by atoms with Crippen LogP contribution in [0.4, 0.5) is 0 Å². The van der Waals surface area contributed by atoms with E-state index < -0.39 is 33.8 Å². The van der Waals surface area contributed by atoms with E-state index in [0.29, 0.717) is 24.1 Å². The number of fused-ring (bicyclic) bond motifs is 1. The molecular formula is C26H30N4O5S2. The molecule has 1 aliphatic rings. The topological polar surface area (TPSA) is 126 Å². The summed E-state index contributed by atoms with van der Waals surface area (Å²) < 4.78 is 28.0. The van der Waals surface area contributed by atoms with Gasteiger partial charge in [0.05, 0.1) is 17.5 Å². The lowest BCUT2D eigenvalue weighted by molar-refractivity contribution is -0.129. The number of nitrogens with zero attached hydrogens (tertiary/aromatic N) is 2. The summed E-state index contributed by atoms with van der Waals surface area (Å²) in [4.78, 5) is 43.8. The lowest BCUT2D eigenvalue weighted by atomic mass is 9.97. The number of hydrogen-bond acceptors (Lipinski definition) is 7. The number of aromatic nitrogens is 1. The molecule has 1 saturated heterocycles. The molecule has 3 aromatic rings. The van der Waals surface area contributed by atoms with Gasteiger partial charge in [0.25, 0.3) is 15.9 Å². The van der Waals surface area contributed by atoms with Gasteiger partial charge >= 0.3 is 0 Å². The normalized spacial score (nSPS) is 18.6. The monoisotopic (exact) mass is 542 g/mol. The number of carbonyl (C=O) groups is 3. The van der Waals surface area contributed by atoms with Gasteiger partial charge in [-0.2, -0.15) is 4.31 Å². The molecule has 3 heterocycles. The molecule has 0 saturated carbocycles. The zero-order chi connectivity index (χ0) is 26.6. The maximum Gasteiger partial charge on any atom is 0.262 e. The Labute approximate surface area is 220 Å². The molecule has 196 valence electrons. The fourth-order valence-corrected chi connectivity index (χ4v) is 6.60. The zero-order valence-electron chi connectivity index (χ0n) is 20.7. The molecule has 37 heavy (non-hydrogen) atoms. The van der Waals surface area contributed by atoms with Crippen molar-refractivity contribution >= 4 is 49.0 Å². The smallest absolute Gasteiger partial charge is 0.262 e. The van der Waals surface area contributed by atoms with Crippen LogP contribution in [0.1, 0.15) is 42.8 Å². The largest absolute Gasteiger partial charge is 0.344 e. The summed E-state index contributed by atoms with van der Waals surface area (Å²) >= 11 is 1.35. The van der Waals surface area contributed by atoms with Gasteiger partial charge in [-0.25, -0.2) is 13.4 Å². The van der Waals surface area contributed by atoms with Gasteiger partial charge < -0.3 is 10.6 Å². The van der Waals surface area contributed by atoms with E-state index in [1.54, 1.807) is 18.2 Å². The van der Waals surface area contributed by atoms with Crippen molar-refractivity contribution in [3.05, 3.63) is 59.6 Å². The molecule has 0 radical (unpaired) electrons. The van der Waals surface area contributed by atoms with E-state index in [4.69, 9.17) is 0 Å². The molecule has 1 aromatic carbocycles. The van der Waals surface area contributed by atoms with Crippen LogP contribution >= 0.6 is 11.3 Å². The maximum atomic E-state index is 13.3. The Kier molecular flexibility index (Phi) is 8.35. The first-order valence-corrected chi connectivity index (χ1v) is 14.5. The first-order chi connectivity index (χ1) is 17.7. The molecule has 3 atom stereocenters. The predicted molar refractivity (Wildman–Crippen MR) is 142 cm³/mol. The molecule has 11 heteroatoms. The van der Waals surface area contributed by atoms with Crippen LogP contribution in [0.2, 0.25) is 0 Å². The minimum atomic E-state index is -3.93. The van der Waals surface area contributed by atoms with Crippen LogP contribution in [0, 0.1) is 5.92 Å². The highest BCUT2D eigenvalue weighted by molar-refractivity contribution is 7.89. The molecule has 1 aliphatic heterocycles. The van der Waals surface area contributed by atoms with Crippen molar-refractivity contribution in [2.45, 2.75) is 50.2 Å². The minimum Gasteiger partial charge on any atom is -0.344 e. The molecule has 2 aromatic heterocycles. The summed E-state index contributed by atoms with van der Waals surface area (Å²) in [5, 5.41) is 6.47. The van der Waals surface area contributed by atoms with Crippen molar-refractivity contribution in [2.75, 3.05) is 13.1 Å². The molecule has 1 unspecified atom stereocenters. The molecule has 0 spiro atoms. The Morgan fingerprint density at radius 2 is 1.95 bits per heavy atom. The Bertz CT molecular complexity index is 1360. The number of thiophene rings is 1. The van der Waals surface area contributed by atoms with Crippen molar-refractivity contribution in [1.29, 1.82) is 0 Å². The summed E-state index contributed by atoms with van der Waals surface area (Å²) in [6.07, 6.45) is 2.72. The lowest BCUT2D eigenvalue weighted by Gasteiger charge is -2.26. The van der Waals surface area contributed by atoms with Crippen LogP contribution in [0.5, 0.6) is 0 Å². The van der Waals surface area contributed by atoms with Crippen molar-refractivity contribution in [1.82, 2.24) is 19.9 Å². The Hall–Kier alpha value is -3.15. The highest BCUT2D eigenvalue weighted by Crippen LogP contribution is 2.25. The van der Waals surface area contributed by atoms with Crippen LogP contribution in [0.25, 0.3) is 10.1 Å². The third kappa shape index (κ3) is 6.06. The second kappa shape index (κ2) is 11.5. The van der Waals surface area contributed by atoms with Gasteiger partial charge in [-0.1, -0.05) is 44.5 Å². The van der Waals surface area contributed by atoms with Crippen molar-refractivity contribution in [2.24, 2.45) is 5.92 Å². The van der Waals surface area contributed by atoms with Gasteiger partial charge in [0, 0.05) is 17.4 Å². The summed E-state index contributed by atoms with van der Waals surface area (Å²) in [6, 6.07) is 12.4. The number of carbonyl (C=O) groups excluding carboxylic acids is 3. The average molecular weight is 543 g/mol. The molecule has 9 nitrogen and oxygen atoms in total. The van der Waals surface area contributed by atoms with Crippen LogP contribution in [0.3, 0.4) is 0 Å². The van der Waals surface area contributed by atoms with E-state index >= 15 is 0 Å². The van der Waals surface area contributed by atoms with E-state index in [9.17, 15) is 22.8 Å². The van der Waals surface area contributed by atoms with Gasteiger partial charge in [0.2, 0.25) is 5.91 Å². The standard InChI is InChI=1S/C26H30N4O5S2/c1-3-17(2)24(29-25(32)22-15-18-9-4-5-11-21(18)36-22)26(33)28-19-10-8-14-30(16-20(19)31)37(34,35)23-12-6-7-13-27-23/h4-7,9,11-13,15,17,19,24H,3,8,10,14,16H2,1-2H3,(H,28,33)(H,29,32)/t17-,19?,24+/m1/s1. The highest BCUT2D eigenvalue weighted by atomic mass is 32.2. The number of ketones is 1. The number of hydrogen-bond donors (Lipinski definition) is 2. The Balaban J connectivity index is 1.45. The summed E-state index contributed by atoms with van der Waals surface area (Å²) in [7, 11) is -3.93. The number of benzene rings is 1. The van der Waals surface area contributed by atoms with Gasteiger partial charge in [-0.3, -0.25) is 14.4 Å². The highest BCUT2D eigenvalue weighted by Gasteiger charge is 2.35. The molecule has 0 aliphatic carbocycles. The Morgan fingerprint density at radius 1 is 1.19 bits per heavy atom. The van der Waals surface area contributed by atoms with Crippen LogP contribution < -0.4 is 10.6 Å². The molecule has 0 bridgehead atoms. The third-order valence-corrected chi connectivity index (χ3v) is 9.49. The third-order valence-electron chi connectivity index (χ3n) is 6.61. The fourth-order valence-electron chi connectivity index (χ4n) is 4.26. The molecule has 2 N–H and O–H groups in total. The van der Waals surface area contributed by atoms with Crippen LogP contribution in [-0.2, 0) is 19.6 Å². The first-order valence-electron chi connectivity index (χ1n) is 12.2. The van der Waals surface area contributed by atoms with Crippen LogP contribution in [-0.4, -0.2) is 60.5 Å². The molecular weight excluding hydrogens is 512 g/mol. The molecule has 2 amide bonds. The second-order valence-electron chi connectivity index (χ2n) is 9.16. The number of nitrogens with one attached hydrogen (secondary N) is 2. The van der Waals surface area contributed by atoms with E-state index in [-0.39, 0.29) is 29.9 Å². The van der Waals surface area contributed by atoms with Gasteiger partial charge in [-0.05, 0) is 48.4 Å². The summed E-state index contributed by atoms with van der Waals surface area (Å²) in [5.74, 6) is -1.38. The van der Waals surface area contributed by atoms with E-state index in [2.05, 4.69) is 15.6 Å². The number of amides is 2. The van der Waals surface area contributed by atoms with E-state index in [0.717, 1.165) is 14.4 Å². The molecule has 4 rings (SSSR count). The quantitative estimate of drug-likeness (QED) is 0.451. The second-order valence-corrected chi connectivity index (χ2v) is 12.1. The first kappa shape index (κ1) is 26.9. The summed E-state index contributed by atoms with van der Waals surface area (Å²) in [5.41, 5.74) is 0. The van der Waals surface area contributed by atoms with Gasteiger partial charge in [0.1, 0.15) is 6.04 Å². The van der Waals surface area contributed by atoms with Crippen LogP contribution in [0.15, 0.2) is 59.8 Å². The number of pyridine rings is 1. The average Bonchev–Trinajstić information content (AvgIpc) is 3.26. The van der Waals surface area contributed by atoms with Crippen molar-refractivity contribution in [3.63, 3.8) is 0 Å². The van der Waals surface area contributed by atoms with Gasteiger partial charge in [0.15, 0.2) is 10.8 Å². The SMILES string of the molecule is CC[C@@H](C)[C@H](NC(=O)c1cc2ccccc2s1)C(=O)NC1CCCN(S(=O)(=O)c2ccccn2)CC1=O. The number of Topliss-reactive ketones (excluding diaryl/α,β-unsaturated/α-hetero) is 1. The number of rotatable bonds is 8. The minimum absolute atomic E-state index is 0.119.